The average molecular weight is 343 g/mol. The molecule has 2 rings (SSSR count). The third kappa shape index (κ3) is 5.08. The molecule has 0 aromatic heterocycles. The molecule has 1 heterocycles. The summed E-state index contributed by atoms with van der Waals surface area (Å²) in [5, 5.41) is 3.09. The predicted molar refractivity (Wildman–Crippen MR) is 89.3 cm³/mol. The van der Waals surface area contributed by atoms with Gasteiger partial charge >= 0.3 is 0 Å². The number of carbonyl (C=O) groups excluding carboxylic acids is 1. The van der Waals surface area contributed by atoms with Gasteiger partial charge in [-0.25, -0.2) is 4.39 Å². The first-order valence-electron chi connectivity index (χ1n) is 8.00. The number of hydrogen-bond acceptors (Lipinski definition) is 3. The lowest BCUT2D eigenvalue weighted by Crippen LogP contribution is -2.39. The highest BCUT2D eigenvalue weighted by molar-refractivity contribution is 6.32. The third-order valence-electron chi connectivity index (χ3n) is 4.18. The normalized spacial score (nSPS) is 19.8. The van der Waals surface area contributed by atoms with Gasteiger partial charge in [0, 0.05) is 19.1 Å². The zero-order valence-corrected chi connectivity index (χ0v) is 14.6. The van der Waals surface area contributed by atoms with E-state index >= 15 is 0 Å². The second-order valence-electron chi connectivity index (χ2n) is 6.32. The van der Waals surface area contributed by atoms with Crippen molar-refractivity contribution in [3.05, 3.63) is 29.0 Å². The van der Waals surface area contributed by atoms with Crippen LogP contribution in [0.3, 0.4) is 0 Å². The average Bonchev–Trinajstić information content (AvgIpc) is 2.96. The van der Waals surface area contributed by atoms with Crippen LogP contribution in [-0.4, -0.2) is 42.6 Å². The molecule has 0 unspecified atom stereocenters. The minimum atomic E-state index is -0.680. The van der Waals surface area contributed by atoms with Crippen LogP contribution in [0.25, 0.3) is 0 Å². The number of amides is 1. The van der Waals surface area contributed by atoms with Gasteiger partial charge in [0.05, 0.1) is 5.02 Å². The van der Waals surface area contributed by atoms with Gasteiger partial charge in [0.1, 0.15) is 11.6 Å². The molecule has 6 heteroatoms. The lowest BCUT2D eigenvalue weighted by Gasteiger charge is -2.21. The molecule has 1 aromatic rings. The monoisotopic (exact) mass is 342 g/mol. The fraction of sp³-hybridized carbons (Fsp3) is 0.588. The summed E-state index contributed by atoms with van der Waals surface area (Å²) >= 11 is 5.90. The summed E-state index contributed by atoms with van der Waals surface area (Å²) in [6, 6.07) is 4.39. The van der Waals surface area contributed by atoms with Gasteiger partial charge in [-0.15, -0.1) is 0 Å². The van der Waals surface area contributed by atoms with Gasteiger partial charge in [0.25, 0.3) is 5.91 Å². The van der Waals surface area contributed by atoms with E-state index in [2.05, 4.69) is 24.1 Å². The lowest BCUT2D eigenvalue weighted by molar-refractivity contribution is -0.127. The van der Waals surface area contributed by atoms with E-state index in [-0.39, 0.29) is 10.9 Å². The highest BCUT2D eigenvalue weighted by atomic mass is 35.5. The molecule has 0 aliphatic carbocycles. The fourth-order valence-corrected chi connectivity index (χ4v) is 2.91. The fourth-order valence-electron chi connectivity index (χ4n) is 2.70. The summed E-state index contributed by atoms with van der Waals surface area (Å²) in [7, 11) is 0. The molecule has 23 heavy (non-hydrogen) atoms. The van der Waals surface area contributed by atoms with Crippen LogP contribution in [0.15, 0.2) is 18.2 Å². The molecule has 1 amide bonds. The van der Waals surface area contributed by atoms with Gasteiger partial charge in [-0.3, -0.25) is 4.79 Å². The molecule has 0 saturated carbocycles. The van der Waals surface area contributed by atoms with Crippen LogP contribution in [0.5, 0.6) is 5.75 Å². The number of rotatable bonds is 6. The highest BCUT2D eigenvalue weighted by Crippen LogP contribution is 2.26. The lowest BCUT2D eigenvalue weighted by atomic mass is 10.1. The number of likely N-dealkylation sites (tertiary alicyclic amines) is 1. The Hall–Kier alpha value is -1.33. The van der Waals surface area contributed by atoms with E-state index in [1.165, 1.54) is 18.2 Å². The summed E-state index contributed by atoms with van der Waals surface area (Å²) in [5.74, 6) is 0.161. The molecule has 128 valence electrons. The van der Waals surface area contributed by atoms with Crippen LogP contribution in [-0.2, 0) is 4.79 Å². The molecule has 0 spiro atoms. The first-order chi connectivity index (χ1) is 10.9. The van der Waals surface area contributed by atoms with Crippen molar-refractivity contribution in [1.82, 2.24) is 10.2 Å². The molecule has 1 aliphatic rings. The van der Waals surface area contributed by atoms with Crippen molar-refractivity contribution >= 4 is 17.5 Å². The molecule has 1 aliphatic heterocycles. The Kier molecular flexibility index (Phi) is 6.25. The number of nitrogens with zero attached hydrogens (tertiary/aromatic N) is 1. The van der Waals surface area contributed by atoms with E-state index in [0.717, 1.165) is 19.5 Å². The van der Waals surface area contributed by atoms with Crippen molar-refractivity contribution in [2.75, 3.05) is 19.6 Å². The van der Waals surface area contributed by atoms with Crippen molar-refractivity contribution in [1.29, 1.82) is 0 Å². The Morgan fingerprint density at radius 3 is 2.83 bits per heavy atom. The van der Waals surface area contributed by atoms with Crippen LogP contribution in [0.1, 0.15) is 27.2 Å². The van der Waals surface area contributed by atoms with E-state index in [0.29, 0.717) is 24.3 Å². The Labute approximate surface area is 141 Å². The van der Waals surface area contributed by atoms with Crippen LogP contribution in [0, 0.1) is 11.7 Å². The molecule has 2 atom stereocenters. The number of carbonyl (C=O) groups is 1. The maximum absolute atomic E-state index is 13.0. The molecule has 1 saturated heterocycles. The maximum atomic E-state index is 13.0. The van der Waals surface area contributed by atoms with Crippen molar-refractivity contribution in [3.63, 3.8) is 0 Å². The van der Waals surface area contributed by atoms with Crippen molar-refractivity contribution in [2.45, 2.75) is 39.3 Å². The van der Waals surface area contributed by atoms with E-state index < -0.39 is 11.9 Å². The summed E-state index contributed by atoms with van der Waals surface area (Å²) in [6.45, 7) is 8.76. The summed E-state index contributed by atoms with van der Waals surface area (Å²) in [4.78, 5) is 14.5. The van der Waals surface area contributed by atoms with Gasteiger partial charge in [0.2, 0.25) is 0 Å². The molecule has 1 N–H and O–H groups in total. The minimum Gasteiger partial charge on any atom is -0.479 e. The Bertz CT molecular complexity index is 553. The molecule has 0 radical (unpaired) electrons. The highest BCUT2D eigenvalue weighted by Gasteiger charge is 2.25. The van der Waals surface area contributed by atoms with Crippen LogP contribution >= 0.6 is 11.6 Å². The topological polar surface area (TPSA) is 41.6 Å². The smallest absolute Gasteiger partial charge is 0.260 e. The number of hydrogen-bond donors (Lipinski definition) is 1. The van der Waals surface area contributed by atoms with E-state index in [1.54, 1.807) is 6.92 Å². The van der Waals surface area contributed by atoms with Crippen molar-refractivity contribution in [3.8, 4) is 5.75 Å². The Balaban J connectivity index is 1.79. The molecular formula is C17H24ClFN2O2. The molecule has 4 nitrogen and oxygen atoms in total. The van der Waals surface area contributed by atoms with Gasteiger partial charge in [-0.2, -0.15) is 0 Å². The van der Waals surface area contributed by atoms with Gasteiger partial charge in [-0.1, -0.05) is 11.6 Å². The zero-order chi connectivity index (χ0) is 17.0. The maximum Gasteiger partial charge on any atom is 0.260 e. The molecular weight excluding hydrogens is 319 g/mol. The van der Waals surface area contributed by atoms with E-state index in [9.17, 15) is 9.18 Å². The van der Waals surface area contributed by atoms with E-state index in [1.807, 2.05) is 0 Å². The Morgan fingerprint density at radius 1 is 1.48 bits per heavy atom. The van der Waals surface area contributed by atoms with Crippen LogP contribution < -0.4 is 10.1 Å². The van der Waals surface area contributed by atoms with Gasteiger partial charge < -0.3 is 15.0 Å². The number of nitrogens with one attached hydrogen (secondary N) is 1. The Morgan fingerprint density at radius 2 is 2.22 bits per heavy atom. The first kappa shape index (κ1) is 18.0. The first-order valence-corrected chi connectivity index (χ1v) is 8.38. The SMILES string of the molecule is CC(C)N1CC[C@@H](CNC(=O)[C@H](C)Oc2ccc(F)cc2Cl)C1. The van der Waals surface area contributed by atoms with Crippen LogP contribution in [0.2, 0.25) is 5.02 Å². The number of benzene rings is 1. The largest absolute Gasteiger partial charge is 0.479 e. The summed E-state index contributed by atoms with van der Waals surface area (Å²) < 4.78 is 18.5. The van der Waals surface area contributed by atoms with E-state index in [4.69, 9.17) is 16.3 Å². The summed E-state index contributed by atoms with van der Waals surface area (Å²) in [5.41, 5.74) is 0. The van der Waals surface area contributed by atoms with Crippen molar-refractivity contribution in [2.24, 2.45) is 5.92 Å². The minimum absolute atomic E-state index is 0.160. The standard InChI is InChI=1S/C17H24ClFN2O2/c1-11(2)21-7-6-13(10-21)9-20-17(22)12(3)23-16-5-4-14(19)8-15(16)18/h4-5,8,11-13H,6-7,9-10H2,1-3H3,(H,20,22)/t12-,13-/m0/s1. The van der Waals surface area contributed by atoms with Gasteiger partial charge in [-0.05, 0) is 57.9 Å². The predicted octanol–water partition coefficient (Wildman–Crippen LogP) is 3.09. The second kappa shape index (κ2) is 7.97. The quantitative estimate of drug-likeness (QED) is 0.863. The number of halogens is 2. The van der Waals surface area contributed by atoms with Crippen molar-refractivity contribution < 1.29 is 13.9 Å². The molecule has 1 aromatic carbocycles. The van der Waals surface area contributed by atoms with Crippen LogP contribution in [0.4, 0.5) is 4.39 Å². The second-order valence-corrected chi connectivity index (χ2v) is 6.73. The third-order valence-corrected chi connectivity index (χ3v) is 4.47. The molecule has 0 bridgehead atoms. The molecule has 1 fully saturated rings. The number of ether oxygens (including phenoxy) is 1. The summed E-state index contributed by atoms with van der Waals surface area (Å²) in [6.07, 6.45) is 0.415. The zero-order valence-electron chi connectivity index (χ0n) is 13.8. The van der Waals surface area contributed by atoms with Gasteiger partial charge in [0.15, 0.2) is 6.10 Å².